The number of carbonyl (C=O) groups is 1. The van der Waals surface area contributed by atoms with Gasteiger partial charge in [-0.25, -0.2) is 0 Å². The van der Waals surface area contributed by atoms with Crippen molar-refractivity contribution in [2.75, 3.05) is 5.32 Å². The molecule has 0 radical (unpaired) electrons. The topological polar surface area (TPSA) is 83.8 Å². The number of rotatable bonds is 4. The maximum absolute atomic E-state index is 11.8. The van der Waals surface area contributed by atoms with Crippen LogP contribution >= 0.6 is 0 Å². The molecular formula is C11H20N4O. The van der Waals surface area contributed by atoms with Crippen molar-refractivity contribution < 1.29 is 4.79 Å². The summed E-state index contributed by atoms with van der Waals surface area (Å²) in [4.78, 5) is 11.8. The summed E-state index contributed by atoms with van der Waals surface area (Å²) in [6, 6.07) is -0.473. The zero-order chi connectivity index (χ0) is 12.3. The fraction of sp³-hybridized carbons (Fsp3) is 0.636. The van der Waals surface area contributed by atoms with Gasteiger partial charge >= 0.3 is 0 Å². The first-order valence-electron chi connectivity index (χ1n) is 5.55. The minimum Gasteiger partial charge on any atom is -0.322 e. The summed E-state index contributed by atoms with van der Waals surface area (Å²) in [6.45, 7) is 7.70. The molecule has 1 aromatic heterocycles. The van der Waals surface area contributed by atoms with E-state index in [9.17, 15) is 4.79 Å². The number of nitrogens with zero attached hydrogens (tertiary/aromatic N) is 1. The average molecular weight is 224 g/mol. The molecule has 90 valence electrons. The lowest BCUT2D eigenvalue weighted by Gasteiger charge is -2.17. The molecule has 0 saturated heterocycles. The Labute approximate surface area is 95.8 Å². The maximum atomic E-state index is 11.8. The highest BCUT2D eigenvalue weighted by Gasteiger charge is 2.21. The molecule has 0 unspecified atom stereocenters. The van der Waals surface area contributed by atoms with Crippen LogP contribution in [-0.2, 0) is 4.79 Å². The van der Waals surface area contributed by atoms with Gasteiger partial charge in [-0.15, -0.1) is 0 Å². The molecule has 0 saturated carbocycles. The lowest BCUT2D eigenvalue weighted by molar-refractivity contribution is -0.118. The zero-order valence-corrected chi connectivity index (χ0v) is 10.3. The van der Waals surface area contributed by atoms with Crippen molar-refractivity contribution in [1.82, 2.24) is 10.2 Å². The summed E-state index contributed by atoms with van der Waals surface area (Å²) in [5.74, 6) is 0.0227. The van der Waals surface area contributed by atoms with E-state index in [4.69, 9.17) is 5.73 Å². The highest BCUT2D eigenvalue weighted by molar-refractivity contribution is 5.95. The first-order chi connectivity index (χ1) is 7.47. The summed E-state index contributed by atoms with van der Waals surface area (Å²) < 4.78 is 0. The SMILES string of the molecule is CC[C@H](C)[C@@H](N)C(=O)Nc1c(C)n[nH]c1C. The first-order valence-corrected chi connectivity index (χ1v) is 5.55. The number of hydrogen-bond acceptors (Lipinski definition) is 3. The van der Waals surface area contributed by atoms with E-state index in [1.807, 2.05) is 27.7 Å². The summed E-state index contributed by atoms with van der Waals surface area (Å²) in [7, 11) is 0. The van der Waals surface area contributed by atoms with Crippen LogP contribution in [0.15, 0.2) is 0 Å². The summed E-state index contributed by atoms with van der Waals surface area (Å²) in [6.07, 6.45) is 0.887. The van der Waals surface area contributed by atoms with Gasteiger partial charge in [0.15, 0.2) is 0 Å². The Morgan fingerprint density at radius 3 is 2.62 bits per heavy atom. The van der Waals surface area contributed by atoms with Gasteiger partial charge in [0.1, 0.15) is 0 Å². The van der Waals surface area contributed by atoms with Crippen LogP contribution in [0.1, 0.15) is 31.7 Å². The number of nitrogens with one attached hydrogen (secondary N) is 2. The first kappa shape index (κ1) is 12.7. The van der Waals surface area contributed by atoms with Gasteiger partial charge in [0.25, 0.3) is 0 Å². The molecule has 0 aliphatic carbocycles. The van der Waals surface area contributed by atoms with Gasteiger partial charge in [-0.3, -0.25) is 9.89 Å². The van der Waals surface area contributed by atoms with Gasteiger partial charge in [0, 0.05) is 0 Å². The van der Waals surface area contributed by atoms with Gasteiger partial charge in [-0.1, -0.05) is 20.3 Å². The highest BCUT2D eigenvalue weighted by Crippen LogP contribution is 2.17. The van der Waals surface area contributed by atoms with Crippen LogP contribution in [-0.4, -0.2) is 22.1 Å². The van der Waals surface area contributed by atoms with Crippen molar-refractivity contribution in [3.05, 3.63) is 11.4 Å². The highest BCUT2D eigenvalue weighted by atomic mass is 16.2. The molecule has 0 fully saturated rings. The number of H-pyrrole nitrogens is 1. The number of amides is 1. The minimum atomic E-state index is -0.473. The van der Waals surface area contributed by atoms with Crippen LogP contribution in [0.3, 0.4) is 0 Å². The van der Waals surface area contributed by atoms with E-state index in [2.05, 4.69) is 15.5 Å². The second-order valence-electron chi connectivity index (χ2n) is 4.21. The number of anilines is 1. The number of carbonyl (C=O) groups excluding carboxylic acids is 1. The third kappa shape index (κ3) is 2.61. The van der Waals surface area contributed by atoms with Crippen molar-refractivity contribution in [3.63, 3.8) is 0 Å². The average Bonchev–Trinajstić information content (AvgIpc) is 2.58. The summed E-state index contributed by atoms with van der Waals surface area (Å²) in [5.41, 5.74) is 8.21. The van der Waals surface area contributed by atoms with Gasteiger partial charge in [0.2, 0.25) is 5.91 Å². The molecule has 0 aliphatic rings. The molecule has 1 aromatic rings. The molecule has 16 heavy (non-hydrogen) atoms. The Hall–Kier alpha value is -1.36. The predicted molar refractivity (Wildman–Crippen MR) is 64.1 cm³/mol. The third-order valence-corrected chi connectivity index (χ3v) is 2.94. The predicted octanol–water partition coefficient (Wildman–Crippen LogP) is 1.34. The quantitative estimate of drug-likeness (QED) is 0.721. The third-order valence-electron chi connectivity index (χ3n) is 2.94. The molecular weight excluding hydrogens is 204 g/mol. The summed E-state index contributed by atoms with van der Waals surface area (Å²) in [5, 5.41) is 9.65. The van der Waals surface area contributed by atoms with Gasteiger partial charge in [-0.05, 0) is 19.8 Å². The Kier molecular flexibility index (Phi) is 4.06. The van der Waals surface area contributed by atoms with E-state index in [0.29, 0.717) is 0 Å². The van der Waals surface area contributed by atoms with Crippen LogP contribution in [0.25, 0.3) is 0 Å². The number of aromatic amines is 1. The largest absolute Gasteiger partial charge is 0.322 e. The van der Waals surface area contributed by atoms with E-state index in [1.165, 1.54) is 0 Å². The van der Waals surface area contributed by atoms with E-state index >= 15 is 0 Å². The number of nitrogens with two attached hydrogens (primary N) is 1. The molecule has 5 heteroatoms. The van der Waals surface area contributed by atoms with E-state index < -0.39 is 6.04 Å². The second-order valence-corrected chi connectivity index (χ2v) is 4.21. The van der Waals surface area contributed by atoms with Gasteiger partial charge in [-0.2, -0.15) is 5.10 Å². The smallest absolute Gasteiger partial charge is 0.241 e. The van der Waals surface area contributed by atoms with Crippen LogP contribution in [0.2, 0.25) is 0 Å². The monoisotopic (exact) mass is 224 g/mol. The Morgan fingerprint density at radius 2 is 2.19 bits per heavy atom. The van der Waals surface area contributed by atoms with E-state index in [0.717, 1.165) is 23.5 Å². The Bertz CT molecular complexity index is 353. The number of aryl methyl sites for hydroxylation is 2. The zero-order valence-electron chi connectivity index (χ0n) is 10.3. The molecule has 2 atom stereocenters. The van der Waals surface area contributed by atoms with Crippen molar-refractivity contribution in [1.29, 1.82) is 0 Å². The lowest BCUT2D eigenvalue weighted by Crippen LogP contribution is -2.40. The molecule has 4 N–H and O–H groups in total. The van der Waals surface area contributed by atoms with Crippen LogP contribution in [0, 0.1) is 19.8 Å². The lowest BCUT2D eigenvalue weighted by atomic mass is 9.99. The molecule has 0 aliphatic heterocycles. The summed E-state index contributed by atoms with van der Waals surface area (Å²) >= 11 is 0. The second kappa shape index (κ2) is 5.12. The Morgan fingerprint density at radius 1 is 1.56 bits per heavy atom. The van der Waals surface area contributed by atoms with Crippen molar-refractivity contribution in [3.8, 4) is 0 Å². The molecule has 0 bridgehead atoms. The van der Waals surface area contributed by atoms with Gasteiger partial charge < -0.3 is 11.1 Å². The standard InChI is InChI=1S/C11H20N4O/c1-5-6(2)9(12)11(16)13-10-7(3)14-15-8(10)4/h6,9H,5,12H2,1-4H3,(H,13,16)(H,14,15)/t6-,9+/m0/s1. The number of hydrogen-bond donors (Lipinski definition) is 3. The number of aromatic nitrogens is 2. The van der Waals surface area contributed by atoms with Crippen molar-refractivity contribution >= 4 is 11.6 Å². The van der Waals surface area contributed by atoms with E-state index in [1.54, 1.807) is 0 Å². The minimum absolute atomic E-state index is 0.151. The van der Waals surface area contributed by atoms with Crippen LogP contribution < -0.4 is 11.1 Å². The van der Waals surface area contributed by atoms with Crippen molar-refractivity contribution in [2.45, 2.75) is 40.2 Å². The molecule has 1 heterocycles. The van der Waals surface area contributed by atoms with E-state index in [-0.39, 0.29) is 11.8 Å². The molecule has 0 spiro atoms. The normalized spacial score (nSPS) is 14.6. The molecule has 0 aromatic carbocycles. The fourth-order valence-electron chi connectivity index (χ4n) is 1.45. The van der Waals surface area contributed by atoms with Crippen LogP contribution in [0.4, 0.5) is 5.69 Å². The molecule has 5 nitrogen and oxygen atoms in total. The fourth-order valence-corrected chi connectivity index (χ4v) is 1.45. The van der Waals surface area contributed by atoms with Crippen molar-refractivity contribution in [2.24, 2.45) is 11.7 Å². The van der Waals surface area contributed by atoms with Crippen LogP contribution in [0.5, 0.6) is 0 Å². The van der Waals surface area contributed by atoms with Gasteiger partial charge in [0.05, 0.1) is 23.1 Å². The molecule has 1 amide bonds. The molecule has 1 rings (SSSR count). The maximum Gasteiger partial charge on any atom is 0.241 e. The Balaban J connectivity index is 2.71.